The number of amides is 3. The minimum atomic E-state index is -1.08. The van der Waals surface area contributed by atoms with E-state index >= 15 is 0 Å². The predicted molar refractivity (Wildman–Crippen MR) is 137 cm³/mol. The Labute approximate surface area is 214 Å². The van der Waals surface area contributed by atoms with Gasteiger partial charge in [0.2, 0.25) is 17.7 Å². The number of para-hydroxylation sites is 1. The maximum absolute atomic E-state index is 14.2. The van der Waals surface area contributed by atoms with Gasteiger partial charge >= 0.3 is 0 Å². The molecule has 3 aliphatic rings. The third kappa shape index (κ3) is 4.12. The highest BCUT2D eigenvalue weighted by Crippen LogP contribution is 2.64. The predicted octanol–water partition coefficient (Wildman–Crippen LogP) is 3.10. The Hall–Kier alpha value is -2.45. The fourth-order valence-electron chi connectivity index (χ4n) is 6.75. The molecule has 198 valence electrons. The van der Waals surface area contributed by atoms with Crippen LogP contribution in [0, 0.1) is 17.8 Å². The Kier molecular flexibility index (Phi) is 7.76. The van der Waals surface area contributed by atoms with Gasteiger partial charge in [0.15, 0.2) is 0 Å². The van der Waals surface area contributed by atoms with Crippen molar-refractivity contribution in [2.45, 2.75) is 89.5 Å². The number of nitrogens with one attached hydrogen (secondary N) is 2. The Bertz CT molecular complexity index is 971. The summed E-state index contributed by atoms with van der Waals surface area (Å²) in [5.74, 6) is -2.26. The van der Waals surface area contributed by atoms with Crippen molar-refractivity contribution in [2.75, 3.05) is 18.5 Å². The van der Waals surface area contributed by atoms with Gasteiger partial charge in [-0.1, -0.05) is 58.7 Å². The molecule has 1 spiro atoms. The summed E-state index contributed by atoms with van der Waals surface area (Å²) in [4.78, 5) is 43.3. The number of hydrogen-bond donors (Lipinski definition) is 3. The summed E-state index contributed by atoms with van der Waals surface area (Å²) >= 11 is 0. The first-order chi connectivity index (χ1) is 17.3. The molecule has 0 aliphatic carbocycles. The molecule has 1 aromatic rings. The number of ether oxygens (including phenoxy) is 1. The quantitative estimate of drug-likeness (QED) is 0.406. The Balaban J connectivity index is 1.76. The number of carbonyl (C=O) groups is 3. The van der Waals surface area contributed by atoms with Crippen molar-refractivity contribution in [2.24, 2.45) is 17.8 Å². The first-order valence-electron chi connectivity index (χ1n) is 13.6. The van der Waals surface area contributed by atoms with E-state index < -0.39 is 35.1 Å². The average Bonchev–Trinajstić information content (AvgIpc) is 3.49. The van der Waals surface area contributed by atoms with Crippen LogP contribution < -0.4 is 10.6 Å². The maximum Gasteiger partial charge on any atom is 0.245 e. The first kappa shape index (κ1) is 26.6. The van der Waals surface area contributed by atoms with Crippen molar-refractivity contribution in [1.29, 1.82) is 0 Å². The molecule has 7 atom stereocenters. The Morgan fingerprint density at radius 1 is 1.17 bits per heavy atom. The molecule has 2 bridgehead atoms. The van der Waals surface area contributed by atoms with E-state index in [0.29, 0.717) is 31.5 Å². The lowest BCUT2D eigenvalue weighted by molar-refractivity contribution is -0.151. The third-order valence-corrected chi connectivity index (χ3v) is 8.87. The lowest BCUT2D eigenvalue weighted by atomic mass is 9.65. The van der Waals surface area contributed by atoms with E-state index in [1.54, 1.807) is 4.90 Å². The van der Waals surface area contributed by atoms with E-state index in [0.717, 1.165) is 19.3 Å². The summed E-state index contributed by atoms with van der Waals surface area (Å²) in [6.07, 6.45) is 4.23. The second-order valence-electron chi connectivity index (χ2n) is 10.7. The van der Waals surface area contributed by atoms with E-state index in [4.69, 9.17) is 4.74 Å². The van der Waals surface area contributed by atoms with E-state index in [1.165, 1.54) is 0 Å². The zero-order valence-electron chi connectivity index (χ0n) is 22.0. The number of aliphatic hydroxyl groups is 1. The molecule has 2 unspecified atom stereocenters. The number of unbranched alkanes of at least 4 members (excludes halogenated alkanes) is 1. The Morgan fingerprint density at radius 2 is 1.89 bits per heavy atom. The van der Waals surface area contributed by atoms with Crippen LogP contribution in [0.5, 0.6) is 0 Å². The van der Waals surface area contributed by atoms with Crippen LogP contribution in [0.25, 0.3) is 0 Å². The molecule has 3 saturated heterocycles. The fraction of sp³-hybridized carbons (Fsp3) is 0.679. The van der Waals surface area contributed by atoms with Gasteiger partial charge in [0, 0.05) is 12.2 Å². The van der Waals surface area contributed by atoms with Crippen LogP contribution in [0.2, 0.25) is 0 Å². The molecule has 8 heteroatoms. The summed E-state index contributed by atoms with van der Waals surface area (Å²) in [7, 11) is 0. The smallest absolute Gasteiger partial charge is 0.245 e. The third-order valence-electron chi connectivity index (χ3n) is 8.87. The zero-order valence-corrected chi connectivity index (χ0v) is 22.0. The van der Waals surface area contributed by atoms with Crippen molar-refractivity contribution in [3.05, 3.63) is 30.3 Å². The Morgan fingerprint density at radius 3 is 2.50 bits per heavy atom. The second-order valence-corrected chi connectivity index (χ2v) is 10.7. The fourth-order valence-corrected chi connectivity index (χ4v) is 6.75. The van der Waals surface area contributed by atoms with Gasteiger partial charge in [-0.25, -0.2) is 0 Å². The molecule has 3 aliphatic heterocycles. The van der Waals surface area contributed by atoms with Crippen LogP contribution in [-0.4, -0.2) is 64.2 Å². The first-order valence-corrected chi connectivity index (χ1v) is 13.6. The van der Waals surface area contributed by atoms with Crippen LogP contribution in [0.1, 0.15) is 66.2 Å². The van der Waals surface area contributed by atoms with Crippen LogP contribution in [0.4, 0.5) is 5.69 Å². The molecule has 3 fully saturated rings. The number of fused-ring (bicyclic) bond motifs is 1. The van der Waals surface area contributed by atoms with E-state index in [-0.39, 0.29) is 30.2 Å². The number of aliphatic hydroxyl groups excluding tert-OH is 1. The van der Waals surface area contributed by atoms with Gasteiger partial charge in [-0.05, 0) is 43.7 Å². The van der Waals surface area contributed by atoms with Gasteiger partial charge in [0.1, 0.15) is 11.6 Å². The zero-order chi connectivity index (χ0) is 26.1. The lowest BCUT2D eigenvalue weighted by Gasteiger charge is -2.39. The van der Waals surface area contributed by atoms with Crippen molar-refractivity contribution >= 4 is 23.4 Å². The minimum Gasteiger partial charge on any atom is -0.394 e. The highest BCUT2D eigenvalue weighted by atomic mass is 16.5. The molecule has 3 amide bonds. The highest BCUT2D eigenvalue weighted by Gasteiger charge is 2.79. The molecule has 0 aromatic heterocycles. The van der Waals surface area contributed by atoms with Crippen molar-refractivity contribution in [3.63, 3.8) is 0 Å². The standard InChI is InChI=1S/C28H41N3O5/c1-5-8-16-29-25(34)23-28-15-14-27(7-3,36-28)21(24(33)30-19-12-10-9-11-13-19)22(28)26(35)31(23)20(17-32)18(4)6-2/h9-13,18,20-23,32H,5-8,14-17H2,1-4H3,(H,29,34)(H,30,33)/t18-,20-,21+,22-,23?,27-,28?/m0/s1. The maximum atomic E-state index is 14.2. The number of anilines is 1. The summed E-state index contributed by atoms with van der Waals surface area (Å²) < 4.78 is 6.78. The molecule has 4 rings (SSSR count). The number of benzene rings is 1. The molecule has 0 radical (unpaired) electrons. The minimum absolute atomic E-state index is 0.0194. The van der Waals surface area contributed by atoms with Gasteiger partial charge in [0.05, 0.1) is 30.1 Å². The molecule has 3 heterocycles. The largest absolute Gasteiger partial charge is 0.394 e. The number of rotatable bonds is 11. The summed E-state index contributed by atoms with van der Waals surface area (Å²) in [6.45, 7) is 8.29. The second kappa shape index (κ2) is 10.5. The molecular weight excluding hydrogens is 458 g/mol. The highest BCUT2D eigenvalue weighted by molar-refractivity contribution is 6.02. The monoisotopic (exact) mass is 499 g/mol. The van der Waals surface area contributed by atoms with Crippen LogP contribution in [0.15, 0.2) is 30.3 Å². The molecule has 36 heavy (non-hydrogen) atoms. The van der Waals surface area contributed by atoms with Gasteiger partial charge in [-0.15, -0.1) is 0 Å². The molecule has 8 nitrogen and oxygen atoms in total. The molecule has 1 aromatic carbocycles. The summed E-state index contributed by atoms with van der Waals surface area (Å²) in [6, 6.07) is 7.81. The molecule has 0 saturated carbocycles. The van der Waals surface area contributed by atoms with Crippen molar-refractivity contribution in [3.8, 4) is 0 Å². The van der Waals surface area contributed by atoms with Gasteiger partial charge in [0.25, 0.3) is 0 Å². The number of carbonyl (C=O) groups excluding carboxylic acids is 3. The topological polar surface area (TPSA) is 108 Å². The number of nitrogens with zero attached hydrogens (tertiary/aromatic N) is 1. The van der Waals surface area contributed by atoms with Crippen LogP contribution >= 0.6 is 0 Å². The number of hydrogen-bond acceptors (Lipinski definition) is 5. The average molecular weight is 500 g/mol. The SMILES string of the molecule is CCCCNC(=O)C1N([C@@H](CO)[C@@H](C)CC)C(=O)[C@@H]2[C@H](C(=O)Nc3ccccc3)[C@]3(CC)CCC12O3. The van der Waals surface area contributed by atoms with Gasteiger partial charge in [-0.3, -0.25) is 14.4 Å². The van der Waals surface area contributed by atoms with Crippen molar-refractivity contribution < 1.29 is 24.2 Å². The van der Waals surface area contributed by atoms with Crippen molar-refractivity contribution in [1.82, 2.24) is 10.2 Å². The summed E-state index contributed by atoms with van der Waals surface area (Å²) in [5, 5.41) is 16.4. The van der Waals surface area contributed by atoms with Gasteiger partial charge < -0.3 is 25.4 Å². The molecular formula is C28H41N3O5. The molecule has 3 N–H and O–H groups in total. The number of likely N-dealkylation sites (tertiary alicyclic amines) is 1. The van der Waals surface area contributed by atoms with Crippen LogP contribution in [-0.2, 0) is 19.1 Å². The van der Waals surface area contributed by atoms with E-state index in [2.05, 4.69) is 17.6 Å². The lowest BCUT2D eigenvalue weighted by Crippen LogP contribution is -2.59. The normalized spacial score (nSPS) is 32.3. The van der Waals surface area contributed by atoms with Crippen LogP contribution in [0.3, 0.4) is 0 Å². The van der Waals surface area contributed by atoms with E-state index in [1.807, 2.05) is 51.1 Å². The van der Waals surface area contributed by atoms with Gasteiger partial charge in [-0.2, -0.15) is 0 Å². The summed E-state index contributed by atoms with van der Waals surface area (Å²) in [5.41, 5.74) is -1.21. The van der Waals surface area contributed by atoms with E-state index in [9.17, 15) is 19.5 Å².